The summed E-state index contributed by atoms with van der Waals surface area (Å²) in [4.78, 5) is 13.8. The molecule has 7 heteroatoms. The molecule has 0 amide bonds. The van der Waals surface area contributed by atoms with Crippen molar-refractivity contribution in [1.29, 1.82) is 0 Å². The number of nitrogens with zero attached hydrogens (tertiary/aromatic N) is 4. The maximum absolute atomic E-state index is 5.08. The fourth-order valence-corrected chi connectivity index (χ4v) is 3.76. The molecule has 0 fully saturated rings. The van der Waals surface area contributed by atoms with E-state index in [0.717, 1.165) is 49.8 Å². The second kappa shape index (κ2) is 15.5. The third-order valence-electron chi connectivity index (χ3n) is 5.73. The van der Waals surface area contributed by atoms with Crippen LogP contribution in [0.3, 0.4) is 0 Å². The number of halogens is 1. The maximum atomic E-state index is 5.08. The molecule has 2 heterocycles. The summed E-state index contributed by atoms with van der Waals surface area (Å²) in [6.07, 6.45) is 19.7. The number of rotatable bonds is 13. The van der Waals surface area contributed by atoms with E-state index in [0.29, 0.717) is 5.82 Å². The lowest BCUT2D eigenvalue weighted by Crippen LogP contribution is -3.00. The molecule has 0 aromatic carbocycles. The lowest BCUT2D eigenvalue weighted by Gasteiger charge is -2.04. The van der Waals surface area contributed by atoms with E-state index in [2.05, 4.69) is 78.9 Å². The van der Waals surface area contributed by atoms with Crippen molar-refractivity contribution in [3.05, 3.63) is 59.3 Å². The molecule has 0 saturated carbocycles. The summed E-state index contributed by atoms with van der Waals surface area (Å²) < 4.78 is 4.15. The minimum atomic E-state index is 0. The Labute approximate surface area is 211 Å². The van der Waals surface area contributed by atoms with Crippen LogP contribution in [0.4, 0.5) is 5.82 Å². The first-order valence-corrected chi connectivity index (χ1v) is 11.9. The molecule has 0 atom stereocenters. The zero-order chi connectivity index (χ0) is 24.2. The molecule has 0 aliphatic heterocycles. The molecule has 0 aliphatic rings. The molecule has 2 aromatic heterocycles. The van der Waals surface area contributed by atoms with Gasteiger partial charge >= 0.3 is 5.65 Å². The lowest BCUT2D eigenvalue weighted by atomic mass is 10.0. The Bertz CT molecular complexity index is 1030. The highest BCUT2D eigenvalue weighted by Gasteiger charge is 2.18. The third kappa shape index (κ3) is 9.82. The first-order valence-electron chi connectivity index (χ1n) is 11.9. The molecule has 188 valence electrons. The maximum Gasteiger partial charge on any atom is 0.307 e. The number of anilines is 1. The Hall–Kier alpha value is -2.44. The van der Waals surface area contributed by atoms with Crippen molar-refractivity contribution < 1.29 is 21.8 Å². The predicted octanol–water partition coefficient (Wildman–Crippen LogP) is 3.38. The minimum Gasteiger partial charge on any atom is -1.00 e. The van der Waals surface area contributed by atoms with Crippen LogP contribution < -0.4 is 22.5 Å². The van der Waals surface area contributed by atoms with Crippen LogP contribution in [0, 0.1) is 0 Å². The molecular formula is C27H42ClN5O. The van der Waals surface area contributed by atoms with Gasteiger partial charge in [0.05, 0.1) is 20.7 Å². The summed E-state index contributed by atoms with van der Waals surface area (Å²) in [5.41, 5.74) is 10.4. The van der Waals surface area contributed by atoms with Crippen molar-refractivity contribution in [1.82, 2.24) is 14.5 Å². The quantitative estimate of drug-likeness (QED) is 0.267. The van der Waals surface area contributed by atoms with E-state index in [-0.39, 0.29) is 12.4 Å². The Balaban J connectivity index is 0.00000578. The van der Waals surface area contributed by atoms with Crippen LogP contribution in [-0.4, -0.2) is 21.6 Å². The Morgan fingerprint density at radius 3 is 2.03 bits per heavy atom. The molecule has 0 aliphatic carbocycles. The van der Waals surface area contributed by atoms with Crippen molar-refractivity contribution in [2.75, 3.05) is 12.6 Å². The van der Waals surface area contributed by atoms with Gasteiger partial charge in [0.25, 0.3) is 0 Å². The standard InChI is InChI=1S/C27H42N5O.ClH/c1-21(2)11-8-12-22(3)13-9-14-23(4)15-10-16-24(5)17-18-32-20-31(6)27-25(32)26(30-33-7)28-19-29-27;/h11,13,15,17,19-20H,8-10,12,14,16,18H2,1-7H3,(H,28,29,30);1H/q+1;/p-1/b22-13+,23-15+,24-17+;. The Morgan fingerprint density at radius 1 is 0.912 bits per heavy atom. The topological polar surface area (TPSA) is 55.9 Å². The highest BCUT2D eigenvalue weighted by molar-refractivity contribution is 5.80. The number of imidazole rings is 1. The van der Waals surface area contributed by atoms with Gasteiger partial charge in [-0.15, -0.1) is 0 Å². The minimum absolute atomic E-state index is 0. The third-order valence-corrected chi connectivity index (χ3v) is 5.73. The summed E-state index contributed by atoms with van der Waals surface area (Å²) in [6.45, 7) is 11.8. The van der Waals surface area contributed by atoms with Crippen molar-refractivity contribution in [3.8, 4) is 0 Å². The largest absolute Gasteiger partial charge is 1.00 e. The van der Waals surface area contributed by atoms with Gasteiger partial charge in [-0.25, -0.2) is 10.0 Å². The van der Waals surface area contributed by atoms with E-state index < -0.39 is 0 Å². The van der Waals surface area contributed by atoms with Gasteiger partial charge < -0.3 is 12.4 Å². The van der Waals surface area contributed by atoms with Crippen LogP contribution in [0.25, 0.3) is 11.2 Å². The van der Waals surface area contributed by atoms with E-state index in [9.17, 15) is 0 Å². The molecular weight excluding hydrogens is 446 g/mol. The second-order valence-corrected chi connectivity index (χ2v) is 9.13. The van der Waals surface area contributed by atoms with Gasteiger partial charge in [0.1, 0.15) is 0 Å². The van der Waals surface area contributed by atoms with Gasteiger partial charge in [-0.2, -0.15) is 4.98 Å². The van der Waals surface area contributed by atoms with Gasteiger partial charge in [0.2, 0.25) is 5.52 Å². The molecule has 0 spiro atoms. The van der Waals surface area contributed by atoms with Crippen molar-refractivity contribution in [3.63, 3.8) is 0 Å². The number of hydrogen-bond acceptors (Lipinski definition) is 4. The molecule has 0 unspecified atom stereocenters. The highest BCUT2D eigenvalue weighted by atomic mass is 35.5. The van der Waals surface area contributed by atoms with Gasteiger partial charge in [-0.3, -0.25) is 9.40 Å². The van der Waals surface area contributed by atoms with Gasteiger partial charge in [-0.1, -0.05) is 51.6 Å². The highest BCUT2D eigenvalue weighted by Crippen LogP contribution is 2.18. The fourth-order valence-electron chi connectivity index (χ4n) is 3.76. The van der Waals surface area contributed by atoms with Crippen LogP contribution in [-0.2, 0) is 18.4 Å². The summed E-state index contributed by atoms with van der Waals surface area (Å²) in [7, 11) is 3.58. The van der Waals surface area contributed by atoms with E-state index in [1.54, 1.807) is 13.4 Å². The number of allylic oxidation sites excluding steroid dienone is 8. The normalized spacial score (nSPS) is 12.6. The van der Waals surface area contributed by atoms with Crippen LogP contribution in [0.5, 0.6) is 0 Å². The van der Waals surface area contributed by atoms with E-state index in [1.165, 1.54) is 28.7 Å². The molecule has 1 N–H and O–H groups in total. The van der Waals surface area contributed by atoms with Crippen LogP contribution in [0.15, 0.2) is 59.3 Å². The number of nitrogens with one attached hydrogen (secondary N) is 1. The zero-order valence-electron chi connectivity index (χ0n) is 22.0. The molecule has 0 radical (unpaired) electrons. The van der Waals surface area contributed by atoms with Gasteiger partial charge in [0.15, 0.2) is 18.5 Å². The summed E-state index contributed by atoms with van der Waals surface area (Å²) >= 11 is 0. The van der Waals surface area contributed by atoms with E-state index >= 15 is 0 Å². The number of fused-ring (bicyclic) bond motifs is 1. The molecule has 0 saturated heterocycles. The van der Waals surface area contributed by atoms with Gasteiger partial charge in [-0.05, 0) is 73.1 Å². The summed E-state index contributed by atoms with van der Waals surface area (Å²) in [5, 5.41) is 0. The number of aromatic nitrogens is 4. The number of hydrogen-bond donors (Lipinski definition) is 1. The first-order chi connectivity index (χ1) is 15.8. The molecule has 2 rings (SSSR count). The molecule has 6 nitrogen and oxygen atoms in total. The molecule has 2 aromatic rings. The lowest BCUT2D eigenvalue weighted by molar-refractivity contribution is -0.647. The Morgan fingerprint density at radius 2 is 1.47 bits per heavy atom. The van der Waals surface area contributed by atoms with Crippen LogP contribution >= 0.6 is 0 Å². The molecule has 34 heavy (non-hydrogen) atoms. The summed E-state index contributed by atoms with van der Waals surface area (Å²) in [5.74, 6) is 0.675. The SMILES string of the molecule is CONc1ncnc2c1n(C/C=C(\C)CC/C=C(\C)CC/C=C(\C)CCC=C(C)C)c[n+]2C.[Cl-]. The van der Waals surface area contributed by atoms with Crippen molar-refractivity contribution in [2.24, 2.45) is 7.05 Å². The predicted molar refractivity (Wildman–Crippen MR) is 138 cm³/mol. The van der Waals surface area contributed by atoms with Crippen LogP contribution in [0.2, 0.25) is 0 Å². The monoisotopic (exact) mass is 487 g/mol. The second-order valence-electron chi connectivity index (χ2n) is 9.13. The van der Waals surface area contributed by atoms with E-state index in [1.807, 2.05) is 17.9 Å². The van der Waals surface area contributed by atoms with Crippen LogP contribution in [0.1, 0.15) is 73.1 Å². The van der Waals surface area contributed by atoms with Crippen molar-refractivity contribution in [2.45, 2.75) is 79.7 Å². The first kappa shape index (κ1) is 29.6. The average Bonchev–Trinajstić information content (AvgIpc) is 3.09. The number of aryl methyl sites for hydroxylation is 1. The fraction of sp³-hybridized carbons (Fsp3) is 0.519. The average molecular weight is 488 g/mol. The smallest absolute Gasteiger partial charge is 0.307 e. The van der Waals surface area contributed by atoms with E-state index in [4.69, 9.17) is 4.84 Å². The summed E-state index contributed by atoms with van der Waals surface area (Å²) in [6, 6.07) is 0. The van der Waals surface area contributed by atoms with Crippen molar-refractivity contribution >= 4 is 17.0 Å². The van der Waals surface area contributed by atoms with Gasteiger partial charge in [0, 0.05) is 0 Å². The Kier molecular flexibility index (Phi) is 13.5. The molecule has 0 bridgehead atoms. The zero-order valence-corrected chi connectivity index (χ0v) is 22.7.